The number of nitrogens with zero attached hydrogens (tertiary/aromatic N) is 1. The SMILES string of the molecule is CCCCC/C=C\C/C=C\C/C=C\CCCCCCCCCCCCCCC(=O)OC(/C=C\CCCCCCCCCCCC)C(COP(=O)([O-])OCC[N+](C)(C)C)NC(=O)CCCCC/C=C\CCCCCCCC. The Bertz CT molecular complexity index is 1490. The molecule has 0 rings (SSSR count). The van der Waals surface area contributed by atoms with Gasteiger partial charge in [0.25, 0.3) is 7.82 Å². The van der Waals surface area contributed by atoms with Crippen molar-refractivity contribution in [1.82, 2.24) is 5.32 Å². The normalized spacial score (nSPS) is 14.0. The van der Waals surface area contributed by atoms with E-state index in [4.69, 9.17) is 13.8 Å². The summed E-state index contributed by atoms with van der Waals surface area (Å²) < 4.78 is 30.3. The fourth-order valence-electron chi connectivity index (χ4n) is 9.17. The van der Waals surface area contributed by atoms with Crippen LogP contribution in [0.5, 0.6) is 0 Å². The van der Waals surface area contributed by atoms with E-state index in [9.17, 15) is 19.0 Å². The molecule has 9 nitrogen and oxygen atoms in total. The molecule has 3 unspecified atom stereocenters. The van der Waals surface area contributed by atoms with Crippen LogP contribution in [0.1, 0.15) is 297 Å². The number of carbonyl (C=O) groups is 2. The minimum absolute atomic E-state index is 0.0256. The van der Waals surface area contributed by atoms with Crippen molar-refractivity contribution >= 4 is 19.7 Å². The summed E-state index contributed by atoms with van der Waals surface area (Å²) in [6, 6.07) is -0.896. The van der Waals surface area contributed by atoms with Gasteiger partial charge in [-0.2, -0.15) is 0 Å². The number of quaternary nitrogens is 1. The number of rotatable bonds is 58. The number of carbonyl (C=O) groups excluding carboxylic acids is 2. The number of amides is 1. The maximum atomic E-state index is 13.5. The Kier molecular flexibility index (Phi) is 54.3. The molecule has 0 saturated heterocycles. The third kappa shape index (κ3) is 56.4. The molecule has 0 aromatic rings. The van der Waals surface area contributed by atoms with Gasteiger partial charge in [0, 0.05) is 12.8 Å². The number of phosphoric acid groups is 1. The number of unbranched alkanes of at least 4 members (excludes halogenated alkanes) is 34. The Balaban J connectivity index is 5.11. The molecule has 1 amide bonds. The lowest BCUT2D eigenvalue weighted by atomic mass is 10.0. The number of ether oxygens (including phenoxy) is 1. The maximum Gasteiger partial charge on any atom is 0.306 e. The Morgan fingerprint density at radius 1 is 0.461 bits per heavy atom. The quantitative estimate of drug-likeness (QED) is 0.0212. The van der Waals surface area contributed by atoms with Gasteiger partial charge in [-0.15, -0.1) is 0 Å². The van der Waals surface area contributed by atoms with Crippen molar-refractivity contribution in [3.63, 3.8) is 0 Å². The van der Waals surface area contributed by atoms with Crippen LogP contribution in [0.2, 0.25) is 0 Å². The van der Waals surface area contributed by atoms with Crippen LogP contribution >= 0.6 is 7.82 Å². The van der Waals surface area contributed by atoms with Gasteiger partial charge in [0.15, 0.2) is 0 Å². The molecule has 10 heteroatoms. The second-order valence-corrected chi connectivity index (χ2v) is 24.3. The van der Waals surface area contributed by atoms with Crippen molar-refractivity contribution in [3.05, 3.63) is 60.8 Å². The lowest BCUT2D eigenvalue weighted by Gasteiger charge is -2.30. The van der Waals surface area contributed by atoms with Crippen LogP contribution in [-0.2, 0) is 27.9 Å². The fraction of sp³-hybridized carbons (Fsp3) is 0.818. The van der Waals surface area contributed by atoms with Gasteiger partial charge in [0.2, 0.25) is 5.91 Å². The van der Waals surface area contributed by atoms with Crippen LogP contribution in [-0.4, -0.2) is 69.4 Å². The molecule has 0 bridgehead atoms. The summed E-state index contributed by atoms with van der Waals surface area (Å²) in [5.41, 5.74) is 0. The summed E-state index contributed by atoms with van der Waals surface area (Å²) >= 11 is 0. The predicted octanol–water partition coefficient (Wildman–Crippen LogP) is 19.2. The first-order valence-corrected chi connectivity index (χ1v) is 33.6. The highest BCUT2D eigenvalue weighted by Gasteiger charge is 2.27. The van der Waals surface area contributed by atoms with Gasteiger partial charge < -0.3 is 28.5 Å². The molecule has 76 heavy (non-hydrogen) atoms. The highest BCUT2D eigenvalue weighted by molar-refractivity contribution is 7.45. The van der Waals surface area contributed by atoms with Gasteiger partial charge in [0.1, 0.15) is 19.3 Å². The second kappa shape index (κ2) is 56.0. The molecular weight excluding hydrogens is 964 g/mol. The summed E-state index contributed by atoms with van der Waals surface area (Å²) in [5.74, 6) is -0.556. The van der Waals surface area contributed by atoms with Crippen molar-refractivity contribution < 1.29 is 37.3 Å². The third-order valence-electron chi connectivity index (χ3n) is 14.2. The maximum absolute atomic E-state index is 13.5. The van der Waals surface area contributed by atoms with Crippen molar-refractivity contribution in [2.24, 2.45) is 0 Å². The van der Waals surface area contributed by atoms with Gasteiger partial charge in [0.05, 0.1) is 33.8 Å². The zero-order chi connectivity index (χ0) is 55.7. The van der Waals surface area contributed by atoms with E-state index in [2.05, 4.69) is 74.7 Å². The topological polar surface area (TPSA) is 114 Å². The van der Waals surface area contributed by atoms with Crippen LogP contribution in [0, 0.1) is 0 Å². The monoisotopic (exact) mass is 1090 g/mol. The van der Waals surface area contributed by atoms with Crippen LogP contribution in [0.15, 0.2) is 60.8 Å². The van der Waals surface area contributed by atoms with E-state index in [1.807, 2.05) is 33.3 Å². The van der Waals surface area contributed by atoms with E-state index in [-0.39, 0.29) is 24.9 Å². The second-order valence-electron chi connectivity index (χ2n) is 22.9. The van der Waals surface area contributed by atoms with Gasteiger partial charge in [-0.1, -0.05) is 249 Å². The number of hydrogen-bond donors (Lipinski definition) is 1. The van der Waals surface area contributed by atoms with E-state index in [1.165, 1.54) is 180 Å². The molecule has 0 heterocycles. The lowest BCUT2D eigenvalue weighted by Crippen LogP contribution is -2.47. The number of allylic oxidation sites excluding steroid dienone is 9. The van der Waals surface area contributed by atoms with Crippen molar-refractivity contribution in [3.8, 4) is 0 Å². The molecule has 0 fully saturated rings. The molecule has 0 aliphatic rings. The van der Waals surface area contributed by atoms with Crippen LogP contribution in [0.3, 0.4) is 0 Å². The molecule has 0 aliphatic carbocycles. The Morgan fingerprint density at radius 2 is 0.803 bits per heavy atom. The van der Waals surface area contributed by atoms with Gasteiger partial charge in [-0.25, -0.2) is 0 Å². The number of likely N-dealkylation sites (N-methyl/N-ethyl adjacent to an activating group) is 1. The highest BCUT2D eigenvalue weighted by Crippen LogP contribution is 2.38. The predicted molar refractivity (Wildman–Crippen MR) is 325 cm³/mol. The zero-order valence-electron chi connectivity index (χ0n) is 50.7. The first-order valence-electron chi connectivity index (χ1n) is 32.1. The minimum Gasteiger partial charge on any atom is -0.756 e. The molecule has 0 aliphatic heterocycles. The highest BCUT2D eigenvalue weighted by atomic mass is 31.2. The number of hydrogen-bond acceptors (Lipinski definition) is 7. The molecule has 0 aromatic heterocycles. The largest absolute Gasteiger partial charge is 0.756 e. The number of phosphoric ester groups is 1. The smallest absolute Gasteiger partial charge is 0.306 e. The molecule has 0 saturated carbocycles. The van der Waals surface area contributed by atoms with Crippen molar-refractivity contribution in [1.29, 1.82) is 0 Å². The Labute approximate surface area is 471 Å². The first kappa shape index (κ1) is 73.7. The lowest BCUT2D eigenvalue weighted by molar-refractivity contribution is -0.870. The zero-order valence-corrected chi connectivity index (χ0v) is 51.6. The molecule has 3 atom stereocenters. The molecule has 444 valence electrons. The van der Waals surface area contributed by atoms with Gasteiger partial charge >= 0.3 is 5.97 Å². The van der Waals surface area contributed by atoms with E-state index in [1.54, 1.807) is 0 Å². The number of esters is 1. The van der Waals surface area contributed by atoms with Crippen LogP contribution in [0.25, 0.3) is 0 Å². The average Bonchev–Trinajstić information content (AvgIpc) is 3.38. The van der Waals surface area contributed by atoms with Gasteiger partial charge in [-0.05, 0) is 96.0 Å². The third-order valence-corrected chi connectivity index (χ3v) is 15.1. The molecule has 1 N–H and O–H groups in total. The van der Waals surface area contributed by atoms with E-state index in [0.717, 1.165) is 77.0 Å². The van der Waals surface area contributed by atoms with Crippen molar-refractivity contribution in [2.45, 2.75) is 309 Å². The Morgan fingerprint density at radius 3 is 1.25 bits per heavy atom. The summed E-state index contributed by atoms with van der Waals surface area (Å²) in [6.07, 6.45) is 70.5. The van der Waals surface area contributed by atoms with Crippen LogP contribution < -0.4 is 10.2 Å². The summed E-state index contributed by atoms with van der Waals surface area (Å²) in [4.78, 5) is 40.0. The Hall–Kier alpha value is -2.29. The molecule has 0 radical (unpaired) electrons. The first-order chi connectivity index (χ1) is 36.9. The minimum atomic E-state index is -4.70. The average molecular weight is 1090 g/mol. The summed E-state index contributed by atoms with van der Waals surface area (Å²) in [6.45, 7) is 6.81. The number of nitrogens with one attached hydrogen (secondary N) is 1. The molecular formula is C66H123N2O7P. The van der Waals surface area contributed by atoms with E-state index >= 15 is 0 Å². The standard InChI is InChI=1S/C66H123N2O7P/c1-7-10-13-16-19-22-25-28-29-30-31-32-33-34-35-36-37-38-39-41-44-47-50-53-56-59-66(70)75-64(57-54-51-48-45-42-27-24-21-18-15-12-9-3)63(62-74-76(71,72)73-61-60-68(4,5)6)67-65(69)58-55-52-49-46-43-40-26-23-20-17-14-11-8-2/h19,22,28-29,31-32,40,43,54,57,63-64H,7-18,20-21,23-27,30,33-39,41-42,44-53,55-56,58-62H2,1-6H3,(H-,67,69,71,72)/b22-19-,29-28-,32-31-,43-40-,57-54-. The van der Waals surface area contributed by atoms with Gasteiger partial charge in [-0.3, -0.25) is 14.2 Å². The van der Waals surface area contributed by atoms with Crippen LogP contribution in [0.4, 0.5) is 0 Å². The van der Waals surface area contributed by atoms with E-state index < -0.39 is 26.6 Å². The van der Waals surface area contributed by atoms with E-state index in [0.29, 0.717) is 23.9 Å². The summed E-state index contributed by atoms with van der Waals surface area (Å²) in [7, 11) is 1.18. The molecule has 0 aromatic carbocycles. The fourth-order valence-corrected chi connectivity index (χ4v) is 9.89. The molecule has 0 spiro atoms. The van der Waals surface area contributed by atoms with Crippen molar-refractivity contribution in [2.75, 3.05) is 40.9 Å². The summed E-state index contributed by atoms with van der Waals surface area (Å²) in [5, 5.41) is 3.02.